The lowest BCUT2D eigenvalue weighted by molar-refractivity contribution is -0.491. The molecule has 0 fully saturated rings. The van der Waals surface area contributed by atoms with Gasteiger partial charge >= 0.3 is 0 Å². The lowest BCUT2D eigenvalue weighted by Crippen LogP contribution is -2.21. The molecule has 6 heteroatoms. The largest absolute Gasteiger partial charge is 0.426 e. The Labute approximate surface area is 67.5 Å². The second-order valence-electron chi connectivity index (χ2n) is 2.18. The van der Waals surface area contributed by atoms with Crippen LogP contribution in [-0.4, -0.2) is 15.0 Å². The fraction of sp³-hybridized carbons (Fsp3) is 0.167. The Morgan fingerprint density at radius 2 is 2.33 bits per heavy atom. The zero-order valence-corrected chi connectivity index (χ0v) is 6.34. The van der Waals surface area contributed by atoms with Crippen molar-refractivity contribution in [3.63, 3.8) is 0 Å². The minimum Gasteiger partial charge on any atom is -0.426 e. The third-order valence-corrected chi connectivity index (χ3v) is 1.32. The molecule has 0 saturated carbocycles. The average Bonchev–Trinajstić information content (AvgIpc) is 1.98. The maximum Gasteiger partial charge on any atom is 0.240 e. The number of aryl methyl sites for hydroxylation is 1. The molecule has 1 aromatic heterocycles. The van der Waals surface area contributed by atoms with Crippen molar-refractivity contribution in [2.45, 2.75) is 6.92 Å². The molecule has 0 aliphatic carbocycles. The van der Waals surface area contributed by atoms with Gasteiger partial charge in [0.2, 0.25) is 5.49 Å². The van der Waals surface area contributed by atoms with E-state index in [-0.39, 0.29) is 5.49 Å². The summed E-state index contributed by atoms with van der Waals surface area (Å²) in [5, 5.41) is 21.2. The molecule has 0 amide bonds. The summed E-state index contributed by atoms with van der Waals surface area (Å²) in [6, 6.07) is 4.53. The van der Waals surface area contributed by atoms with Crippen molar-refractivity contribution in [2.75, 3.05) is 0 Å². The highest BCUT2D eigenvalue weighted by Crippen LogP contribution is 1.88. The third-order valence-electron chi connectivity index (χ3n) is 1.32. The predicted molar refractivity (Wildman–Crippen MR) is 38.9 cm³/mol. The first-order valence-corrected chi connectivity index (χ1v) is 3.18. The minimum absolute atomic E-state index is 0.0972. The van der Waals surface area contributed by atoms with Crippen LogP contribution in [0.2, 0.25) is 0 Å². The second-order valence-corrected chi connectivity index (χ2v) is 2.18. The number of hydrogen-bond donors (Lipinski definition) is 1. The number of rotatable bonds is 1. The summed E-state index contributed by atoms with van der Waals surface area (Å²) >= 11 is 0. The summed E-state index contributed by atoms with van der Waals surface area (Å²) in [4.78, 5) is 9.95. The van der Waals surface area contributed by atoms with E-state index < -0.39 is 5.03 Å². The maximum absolute atomic E-state index is 9.95. The first-order chi connectivity index (χ1) is 5.61. The van der Waals surface area contributed by atoms with E-state index in [0.29, 0.717) is 10.4 Å². The van der Waals surface area contributed by atoms with Gasteiger partial charge in [0.1, 0.15) is 0 Å². The van der Waals surface area contributed by atoms with E-state index in [0.717, 1.165) is 0 Å². The molecule has 6 nitrogen and oxygen atoms in total. The molecule has 0 saturated heterocycles. The van der Waals surface area contributed by atoms with Crippen molar-refractivity contribution in [1.29, 1.82) is 0 Å². The van der Waals surface area contributed by atoms with Crippen LogP contribution >= 0.6 is 0 Å². The Morgan fingerprint density at radius 1 is 1.67 bits per heavy atom. The van der Waals surface area contributed by atoms with E-state index in [4.69, 9.17) is 5.21 Å². The molecule has 64 valence electrons. The molecule has 1 rings (SSSR count). The fourth-order valence-electron chi connectivity index (χ4n) is 0.755. The van der Waals surface area contributed by atoms with Crippen LogP contribution in [-0.2, 0) is 0 Å². The van der Waals surface area contributed by atoms with Crippen molar-refractivity contribution >= 4 is 0 Å². The molecular weight excluding hydrogens is 162 g/mol. The summed E-state index contributed by atoms with van der Waals surface area (Å²) in [5.74, 6) is 0. The van der Waals surface area contributed by atoms with Gasteiger partial charge in [-0.2, -0.15) is 4.73 Å². The molecule has 0 aliphatic heterocycles. The van der Waals surface area contributed by atoms with Crippen LogP contribution in [0.3, 0.4) is 0 Å². The Kier molecular flexibility index (Phi) is 2.09. The SMILES string of the molecule is Cc1cccc(=N[N+](=O)[O-])n1O. The fourth-order valence-corrected chi connectivity index (χ4v) is 0.755. The monoisotopic (exact) mass is 169 g/mol. The van der Waals surface area contributed by atoms with Crippen molar-refractivity contribution in [1.82, 2.24) is 4.73 Å². The van der Waals surface area contributed by atoms with Gasteiger partial charge in [0, 0.05) is 0 Å². The van der Waals surface area contributed by atoms with Crippen LogP contribution in [0.15, 0.2) is 23.3 Å². The Morgan fingerprint density at radius 3 is 2.92 bits per heavy atom. The second kappa shape index (κ2) is 3.04. The van der Waals surface area contributed by atoms with Gasteiger partial charge < -0.3 is 5.21 Å². The van der Waals surface area contributed by atoms with Crippen LogP contribution in [0.4, 0.5) is 0 Å². The van der Waals surface area contributed by atoms with Crippen LogP contribution in [0.1, 0.15) is 5.69 Å². The zero-order valence-electron chi connectivity index (χ0n) is 6.34. The topological polar surface area (TPSA) is 80.7 Å². The molecule has 0 atom stereocenters. The summed E-state index contributed by atoms with van der Waals surface area (Å²) in [6.07, 6.45) is 0. The van der Waals surface area contributed by atoms with Crippen LogP contribution < -0.4 is 5.49 Å². The molecule has 1 aromatic rings. The van der Waals surface area contributed by atoms with E-state index in [2.05, 4.69) is 5.10 Å². The number of pyridine rings is 1. The molecule has 1 heterocycles. The first-order valence-electron chi connectivity index (χ1n) is 3.18. The summed E-state index contributed by atoms with van der Waals surface area (Å²) in [7, 11) is 0. The molecule has 0 aromatic carbocycles. The van der Waals surface area contributed by atoms with Gasteiger partial charge in [0.25, 0.3) is 0 Å². The van der Waals surface area contributed by atoms with Gasteiger partial charge in [-0.3, -0.25) is 0 Å². The Bertz CT molecular complexity index is 369. The molecule has 12 heavy (non-hydrogen) atoms. The van der Waals surface area contributed by atoms with E-state index in [1.165, 1.54) is 6.07 Å². The highest BCUT2D eigenvalue weighted by Gasteiger charge is 1.97. The molecular formula is C6H7N3O3. The number of nitro groups is 1. The van der Waals surface area contributed by atoms with E-state index >= 15 is 0 Å². The van der Waals surface area contributed by atoms with Crippen molar-refractivity contribution in [3.8, 4) is 0 Å². The molecule has 0 spiro atoms. The molecule has 0 radical (unpaired) electrons. The Hall–Kier alpha value is -1.85. The normalized spacial score (nSPS) is 11.6. The van der Waals surface area contributed by atoms with E-state index in [9.17, 15) is 10.1 Å². The zero-order chi connectivity index (χ0) is 9.14. The highest BCUT2D eigenvalue weighted by molar-refractivity contribution is 5.01. The summed E-state index contributed by atoms with van der Waals surface area (Å²) in [6.45, 7) is 1.61. The number of hydrogen-bond acceptors (Lipinski definition) is 3. The van der Waals surface area contributed by atoms with Crippen molar-refractivity contribution in [2.24, 2.45) is 5.10 Å². The quantitative estimate of drug-likeness (QED) is 0.368. The standard InChI is InChI=1S/C6H7N3O3/c1-5-3-2-4-6(8(5)10)7-9(11)12/h2-4,10H,1H3. The van der Waals surface area contributed by atoms with E-state index in [1.807, 2.05) is 0 Å². The van der Waals surface area contributed by atoms with Gasteiger partial charge in [-0.25, -0.2) is 10.1 Å². The highest BCUT2D eigenvalue weighted by atomic mass is 16.7. The number of aromatic nitrogens is 1. The van der Waals surface area contributed by atoms with E-state index in [1.54, 1.807) is 19.1 Å². The van der Waals surface area contributed by atoms with Crippen LogP contribution in [0.25, 0.3) is 0 Å². The van der Waals surface area contributed by atoms with Crippen molar-refractivity contribution < 1.29 is 10.2 Å². The molecule has 1 N–H and O–H groups in total. The first kappa shape index (κ1) is 8.25. The summed E-state index contributed by atoms with van der Waals surface area (Å²) in [5.41, 5.74) is 0.387. The van der Waals surface area contributed by atoms with Crippen LogP contribution in [0, 0.1) is 17.0 Å². The van der Waals surface area contributed by atoms with Gasteiger partial charge in [0.05, 0.1) is 10.8 Å². The molecule has 0 unspecified atom stereocenters. The number of nitrogens with zero attached hydrogens (tertiary/aromatic N) is 3. The third kappa shape index (κ3) is 1.60. The molecule has 0 aliphatic rings. The van der Waals surface area contributed by atoms with Crippen LogP contribution in [0.5, 0.6) is 0 Å². The molecule has 0 bridgehead atoms. The maximum atomic E-state index is 9.95. The van der Waals surface area contributed by atoms with Crippen molar-refractivity contribution in [3.05, 3.63) is 39.5 Å². The smallest absolute Gasteiger partial charge is 0.240 e. The Balaban J connectivity index is 3.35. The van der Waals surface area contributed by atoms with Gasteiger partial charge in [0.15, 0.2) is 5.03 Å². The lowest BCUT2D eigenvalue weighted by Gasteiger charge is -1.98. The predicted octanol–water partition coefficient (Wildman–Crippen LogP) is 0.126. The average molecular weight is 169 g/mol. The summed E-state index contributed by atoms with van der Waals surface area (Å²) < 4.78 is 0.656. The lowest BCUT2D eigenvalue weighted by atomic mass is 10.4. The van der Waals surface area contributed by atoms with Gasteiger partial charge in [-0.1, -0.05) is 6.07 Å². The van der Waals surface area contributed by atoms with Gasteiger partial charge in [-0.05, 0) is 19.1 Å². The minimum atomic E-state index is -0.860. The van der Waals surface area contributed by atoms with Gasteiger partial charge in [-0.15, -0.1) is 0 Å².